The molecule has 1 saturated heterocycles. The Labute approximate surface area is 218 Å². The molecule has 202 valence electrons. The minimum absolute atomic E-state index is 0.127. The van der Waals surface area contributed by atoms with E-state index < -0.39 is 35.9 Å². The van der Waals surface area contributed by atoms with Crippen molar-refractivity contribution in [1.29, 1.82) is 0 Å². The lowest BCUT2D eigenvalue weighted by molar-refractivity contribution is -0.135. The maximum Gasteiger partial charge on any atom is 0.417 e. The maximum absolute atomic E-state index is 14.8. The number of aryl methyl sites for hydroxylation is 1. The Morgan fingerprint density at radius 2 is 1.76 bits per heavy atom. The summed E-state index contributed by atoms with van der Waals surface area (Å²) in [5, 5.41) is 3.98. The van der Waals surface area contributed by atoms with Crippen LogP contribution in [0.15, 0.2) is 36.4 Å². The van der Waals surface area contributed by atoms with Gasteiger partial charge in [0.1, 0.15) is 17.1 Å². The van der Waals surface area contributed by atoms with Crippen LogP contribution in [0.5, 0.6) is 5.75 Å². The number of nitrogens with one attached hydrogen (secondary N) is 1. The number of esters is 1. The zero-order valence-electron chi connectivity index (χ0n) is 21.6. The van der Waals surface area contributed by atoms with Crippen molar-refractivity contribution in [3.05, 3.63) is 59.0 Å². The number of halogens is 3. The molecule has 3 aromatic rings. The van der Waals surface area contributed by atoms with E-state index in [2.05, 4.69) is 19.9 Å². The molecule has 8 nitrogen and oxygen atoms in total. The van der Waals surface area contributed by atoms with Gasteiger partial charge in [0.15, 0.2) is 0 Å². The lowest BCUT2D eigenvalue weighted by atomic mass is 10.0. The van der Waals surface area contributed by atoms with Gasteiger partial charge in [0.2, 0.25) is 0 Å². The molecule has 1 amide bonds. The summed E-state index contributed by atoms with van der Waals surface area (Å²) in [6.45, 7) is 6.41. The Balaban J connectivity index is 1.66. The first-order valence-electron chi connectivity index (χ1n) is 12.1. The van der Waals surface area contributed by atoms with Crippen LogP contribution in [0.2, 0.25) is 0 Å². The lowest BCUT2D eigenvalue weighted by Gasteiger charge is -2.35. The van der Waals surface area contributed by atoms with Gasteiger partial charge < -0.3 is 24.6 Å². The molecule has 1 atom stereocenters. The zero-order chi connectivity index (χ0) is 27.6. The number of methoxy groups -OCH3 is 1. The number of rotatable bonds is 6. The molecule has 2 heterocycles. The molecule has 11 heteroatoms. The van der Waals surface area contributed by atoms with E-state index in [1.54, 1.807) is 14.0 Å². The van der Waals surface area contributed by atoms with Crippen LogP contribution in [-0.2, 0) is 9.53 Å². The molecule has 1 aromatic heterocycles. The third kappa shape index (κ3) is 5.61. The molecule has 38 heavy (non-hydrogen) atoms. The number of piperazine rings is 1. The largest absolute Gasteiger partial charge is 0.494 e. The standard InChI is InChI=1S/C27H29F3N4O4/c1-15-12-22(32-16(2)19-6-5-7-20(24(19)28)26(29)30)21-13-18(14-23(37-4)25(21)31-15)33-8-10-34(11-9-33)27(36)38-17(3)35/h5-7,12-14,16,26H,8-11H2,1-4H3,(H,31,32)/t16-/m1/s1. The summed E-state index contributed by atoms with van der Waals surface area (Å²) in [6, 6.07) is 8.96. The summed E-state index contributed by atoms with van der Waals surface area (Å²) in [5.74, 6) is -1.06. The molecule has 0 saturated carbocycles. The van der Waals surface area contributed by atoms with Gasteiger partial charge in [-0.25, -0.2) is 22.9 Å². The number of hydrogen-bond acceptors (Lipinski definition) is 7. The molecule has 0 bridgehead atoms. The highest BCUT2D eigenvalue weighted by Gasteiger charge is 2.25. The van der Waals surface area contributed by atoms with E-state index in [9.17, 15) is 22.8 Å². The smallest absolute Gasteiger partial charge is 0.417 e. The molecule has 0 radical (unpaired) electrons. The number of alkyl halides is 2. The molecule has 0 unspecified atom stereocenters. The second kappa shape index (κ2) is 11.2. The molecule has 4 rings (SSSR count). The minimum atomic E-state index is -2.91. The van der Waals surface area contributed by atoms with Crippen molar-refractivity contribution in [3.63, 3.8) is 0 Å². The number of nitrogens with zero attached hydrogens (tertiary/aromatic N) is 3. The van der Waals surface area contributed by atoms with Gasteiger partial charge >= 0.3 is 12.1 Å². The van der Waals surface area contributed by atoms with Crippen molar-refractivity contribution in [1.82, 2.24) is 9.88 Å². The van der Waals surface area contributed by atoms with Crippen molar-refractivity contribution in [2.24, 2.45) is 0 Å². The van der Waals surface area contributed by atoms with E-state index in [0.29, 0.717) is 54.2 Å². The van der Waals surface area contributed by atoms with Gasteiger partial charge in [-0.1, -0.05) is 18.2 Å². The SMILES string of the molecule is COc1cc(N2CCN(C(=O)OC(C)=O)CC2)cc2c(N[C@H](C)c3cccc(C(F)F)c3F)cc(C)nc12. The van der Waals surface area contributed by atoms with Gasteiger partial charge in [0.25, 0.3) is 6.43 Å². The summed E-state index contributed by atoms with van der Waals surface area (Å²) in [5.41, 5.74) is 2.24. The average Bonchev–Trinajstić information content (AvgIpc) is 2.87. The molecule has 1 N–H and O–H groups in total. The number of fused-ring (bicyclic) bond motifs is 1. The number of benzene rings is 2. The zero-order valence-corrected chi connectivity index (χ0v) is 21.6. The van der Waals surface area contributed by atoms with Crippen LogP contribution in [0.25, 0.3) is 10.9 Å². The number of carbonyl (C=O) groups excluding carboxylic acids is 2. The normalized spacial score (nSPS) is 14.5. The van der Waals surface area contributed by atoms with Gasteiger partial charge in [0.05, 0.1) is 18.7 Å². The van der Waals surface area contributed by atoms with E-state index in [4.69, 9.17) is 4.74 Å². The first-order chi connectivity index (χ1) is 18.1. The fraction of sp³-hybridized carbons (Fsp3) is 0.370. The Bertz CT molecular complexity index is 1360. The van der Waals surface area contributed by atoms with Crippen molar-refractivity contribution in [2.75, 3.05) is 43.5 Å². The fourth-order valence-electron chi connectivity index (χ4n) is 4.58. The van der Waals surface area contributed by atoms with Gasteiger partial charge in [-0.05, 0) is 26.0 Å². The molecule has 1 fully saturated rings. The first-order valence-corrected chi connectivity index (χ1v) is 12.1. The van der Waals surface area contributed by atoms with E-state index in [0.717, 1.165) is 11.8 Å². The summed E-state index contributed by atoms with van der Waals surface area (Å²) >= 11 is 0. The van der Waals surface area contributed by atoms with Crippen molar-refractivity contribution < 1.29 is 32.2 Å². The average molecular weight is 531 g/mol. The van der Waals surface area contributed by atoms with E-state index >= 15 is 0 Å². The topological polar surface area (TPSA) is 84.0 Å². The van der Waals surface area contributed by atoms with Gasteiger partial charge in [-0.2, -0.15) is 0 Å². The third-order valence-corrected chi connectivity index (χ3v) is 6.48. The highest BCUT2D eigenvalue weighted by atomic mass is 19.3. The Hall–Kier alpha value is -4.02. The molecule has 0 spiro atoms. The van der Waals surface area contributed by atoms with Crippen molar-refractivity contribution in [2.45, 2.75) is 33.2 Å². The predicted octanol–water partition coefficient (Wildman–Crippen LogP) is 5.61. The van der Waals surface area contributed by atoms with E-state index in [1.807, 2.05) is 25.1 Å². The monoisotopic (exact) mass is 530 g/mol. The van der Waals surface area contributed by atoms with E-state index in [-0.39, 0.29) is 5.56 Å². The number of pyridine rings is 1. The predicted molar refractivity (Wildman–Crippen MR) is 137 cm³/mol. The summed E-state index contributed by atoms with van der Waals surface area (Å²) < 4.78 is 51.7. The Morgan fingerprint density at radius 3 is 2.39 bits per heavy atom. The number of aromatic nitrogens is 1. The molecule has 1 aliphatic heterocycles. The van der Waals surface area contributed by atoms with Crippen LogP contribution in [-0.4, -0.2) is 55.2 Å². The van der Waals surface area contributed by atoms with Crippen LogP contribution in [0.4, 0.5) is 29.3 Å². The molecular weight excluding hydrogens is 501 g/mol. The number of hydrogen-bond donors (Lipinski definition) is 1. The van der Waals surface area contributed by atoms with Gasteiger partial charge in [-0.3, -0.25) is 4.79 Å². The van der Waals surface area contributed by atoms with Crippen molar-refractivity contribution >= 4 is 34.3 Å². The Kier molecular flexibility index (Phi) is 7.94. The maximum atomic E-state index is 14.8. The highest BCUT2D eigenvalue weighted by molar-refractivity contribution is 5.98. The molecule has 0 aliphatic carbocycles. The lowest BCUT2D eigenvalue weighted by Crippen LogP contribution is -2.49. The summed E-state index contributed by atoms with van der Waals surface area (Å²) in [6.07, 6.45) is -3.58. The molecule has 1 aliphatic rings. The first kappa shape index (κ1) is 27.0. The summed E-state index contributed by atoms with van der Waals surface area (Å²) in [7, 11) is 1.54. The van der Waals surface area contributed by atoms with E-state index in [1.165, 1.54) is 24.0 Å². The van der Waals surface area contributed by atoms with Crippen LogP contribution < -0.4 is 15.0 Å². The fourth-order valence-corrected chi connectivity index (χ4v) is 4.58. The van der Waals surface area contributed by atoms with Gasteiger partial charge in [0, 0.05) is 67.2 Å². The van der Waals surface area contributed by atoms with Gasteiger partial charge in [-0.15, -0.1) is 0 Å². The quantitative estimate of drug-likeness (QED) is 0.328. The van der Waals surface area contributed by atoms with Crippen molar-refractivity contribution in [3.8, 4) is 5.75 Å². The van der Waals surface area contributed by atoms with Crippen LogP contribution in [0.3, 0.4) is 0 Å². The molecular formula is C27H29F3N4O4. The number of anilines is 2. The van der Waals surface area contributed by atoms with Crippen LogP contribution in [0.1, 0.15) is 43.1 Å². The van der Waals surface area contributed by atoms with Crippen LogP contribution >= 0.6 is 0 Å². The number of amides is 1. The number of carbonyl (C=O) groups is 2. The molecule has 2 aromatic carbocycles. The second-order valence-corrected chi connectivity index (χ2v) is 9.11. The Morgan fingerprint density at radius 1 is 1.08 bits per heavy atom. The summed E-state index contributed by atoms with van der Waals surface area (Å²) in [4.78, 5) is 31.3. The highest BCUT2D eigenvalue weighted by Crippen LogP contribution is 2.37. The van der Waals surface area contributed by atoms with Crippen LogP contribution in [0, 0.1) is 12.7 Å². The number of ether oxygens (including phenoxy) is 2. The third-order valence-electron chi connectivity index (χ3n) is 6.48. The second-order valence-electron chi connectivity index (χ2n) is 9.11. The minimum Gasteiger partial charge on any atom is -0.494 e.